The maximum atomic E-state index is 14.0. The zero-order valence-electron chi connectivity index (χ0n) is 17.2. The lowest BCUT2D eigenvalue weighted by Crippen LogP contribution is -2.36. The standard InChI is InChI=1S/C20H22BrF2NO6S/c1-20(2,3)29-19(26)24(4)11-17(25)12-5-7-13(8-6-12)30-31(27,28)18-10-15(22)14(21)9-16(18)23/h5-10,17,25H,11H2,1-4H3. The minimum atomic E-state index is -4.63. The van der Waals surface area contributed by atoms with Gasteiger partial charge in [-0.2, -0.15) is 8.42 Å². The van der Waals surface area contributed by atoms with Gasteiger partial charge >= 0.3 is 16.2 Å². The number of rotatable bonds is 6. The number of likely N-dealkylation sites (N-methyl/N-ethyl adjacent to an activating group) is 1. The van der Waals surface area contributed by atoms with Crippen LogP contribution >= 0.6 is 15.9 Å². The number of nitrogens with zero attached hydrogens (tertiary/aromatic N) is 1. The van der Waals surface area contributed by atoms with Gasteiger partial charge in [-0.05, 0) is 60.5 Å². The number of amides is 1. The van der Waals surface area contributed by atoms with E-state index in [1.807, 2.05) is 0 Å². The van der Waals surface area contributed by atoms with Gasteiger partial charge in [-0.15, -0.1) is 0 Å². The molecular formula is C20H22BrF2NO6S. The van der Waals surface area contributed by atoms with Gasteiger partial charge in [0.1, 0.15) is 27.9 Å². The molecule has 2 aromatic carbocycles. The van der Waals surface area contributed by atoms with Gasteiger partial charge in [0.25, 0.3) is 0 Å². The third-order valence-electron chi connectivity index (χ3n) is 3.87. The Balaban J connectivity index is 2.09. The molecule has 1 N–H and O–H groups in total. The molecule has 0 aliphatic carbocycles. The first kappa shape index (κ1) is 25.0. The molecule has 0 saturated carbocycles. The van der Waals surface area contributed by atoms with Crippen molar-refractivity contribution in [1.29, 1.82) is 0 Å². The lowest BCUT2D eigenvalue weighted by molar-refractivity contribution is 0.0205. The van der Waals surface area contributed by atoms with Crippen LogP contribution in [0.2, 0.25) is 0 Å². The minimum Gasteiger partial charge on any atom is -0.444 e. The SMILES string of the molecule is CN(CC(O)c1ccc(OS(=O)(=O)c2cc(F)c(Br)cc2F)cc1)C(=O)OC(C)(C)C. The Kier molecular flexibility index (Phi) is 7.66. The predicted molar refractivity (Wildman–Crippen MR) is 112 cm³/mol. The molecule has 0 fully saturated rings. The smallest absolute Gasteiger partial charge is 0.410 e. The third-order valence-corrected chi connectivity index (χ3v) is 5.74. The van der Waals surface area contributed by atoms with E-state index < -0.39 is 44.4 Å². The molecule has 2 rings (SSSR count). The molecule has 7 nitrogen and oxygen atoms in total. The number of aliphatic hydroxyl groups excluding tert-OH is 1. The van der Waals surface area contributed by atoms with Crippen LogP contribution < -0.4 is 4.18 Å². The van der Waals surface area contributed by atoms with Crippen LogP contribution in [0.15, 0.2) is 45.8 Å². The molecule has 0 aliphatic heterocycles. The van der Waals surface area contributed by atoms with Crippen LogP contribution in [0.3, 0.4) is 0 Å². The Morgan fingerprint density at radius 2 is 1.74 bits per heavy atom. The largest absolute Gasteiger partial charge is 0.444 e. The molecular weight excluding hydrogens is 500 g/mol. The van der Waals surface area contributed by atoms with Gasteiger partial charge in [0.15, 0.2) is 0 Å². The first-order chi connectivity index (χ1) is 14.2. The molecule has 0 bridgehead atoms. The number of hydrogen-bond acceptors (Lipinski definition) is 6. The molecule has 1 atom stereocenters. The number of carbonyl (C=O) groups is 1. The van der Waals surface area contributed by atoms with Crippen molar-refractivity contribution in [1.82, 2.24) is 4.90 Å². The molecule has 31 heavy (non-hydrogen) atoms. The highest BCUT2D eigenvalue weighted by atomic mass is 79.9. The van der Waals surface area contributed by atoms with Crippen molar-refractivity contribution >= 4 is 32.1 Å². The first-order valence-corrected chi connectivity index (χ1v) is 11.2. The molecule has 0 heterocycles. The summed E-state index contributed by atoms with van der Waals surface area (Å²) in [4.78, 5) is 12.2. The van der Waals surface area contributed by atoms with Crippen molar-refractivity contribution in [2.24, 2.45) is 0 Å². The van der Waals surface area contributed by atoms with Gasteiger partial charge in [0.05, 0.1) is 17.1 Å². The van der Waals surface area contributed by atoms with Crippen LogP contribution in [0, 0.1) is 11.6 Å². The van der Waals surface area contributed by atoms with Crippen molar-refractivity contribution in [2.45, 2.75) is 37.4 Å². The number of hydrogen-bond donors (Lipinski definition) is 1. The van der Waals surface area contributed by atoms with Crippen molar-refractivity contribution < 1.29 is 36.0 Å². The molecule has 11 heteroatoms. The van der Waals surface area contributed by atoms with Crippen LogP contribution in [0.5, 0.6) is 5.75 Å². The highest BCUT2D eigenvalue weighted by Crippen LogP contribution is 2.27. The Morgan fingerprint density at radius 1 is 1.16 bits per heavy atom. The van der Waals surface area contributed by atoms with Gasteiger partial charge < -0.3 is 18.9 Å². The number of aliphatic hydroxyl groups is 1. The summed E-state index contributed by atoms with van der Waals surface area (Å²) in [6, 6.07) is 6.47. The van der Waals surface area contributed by atoms with Crippen LogP contribution in [-0.2, 0) is 14.9 Å². The molecule has 1 amide bonds. The number of halogens is 3. The Bertz CT molecular complexity index is 1050. The summed E-state index contributed by atoms with van der Waals surface area (Å²) in [5.74, 6) is -2.30. The van der Waals surface area contributed by atoms with E-state index in [1.165, 1.54) is 36.2 Å². The zero-order chi connectivity index (χ0) is 23.6. The van der Waals surface area contributed by atoms with Crippen LogP contribution in [0.4, 0.5) is 13.6 Å². The second-order valence-corrected chi connectivity index (χ2v) is 10.0. The van der Waals surface area contributed by atoms with Crippen molar-refractivity contribution in [3.05, 3.63) is 58.1 Å². The monoisotopic (exact) mass is 521 g/mol. The van der Waals surface area contributed by atoms with Gasteiger partial charge in [-0.25, -0.2) is 13.6 Å². The fraction of sp³-hybridized carbons (Fsp3) is 0.350. The van der Waals surface area contributed by atoms with E-state index in [9.17, 15) is 27.1 Å². The summed E-state index contributed by atoms with van der Waals surface area (Å²) in [5, 5.41) is 10.3. The molecule has 0 aromatic heterocycles. The van der Waals surface area contributed by atoms with E-state index in [-0.39, 0.29) is 16.8 Å². The second kappa shape index (κ2) is 9.49. The van der Waals surface area contributed by atoms with Gasteiger partial charge in [-0.3, -0.25) is 0 Å². The molecule has 1 unspecified atom stereocenters. The van der Waals surface area contributed by atoms with Crippen LogP contribution in [0.25, 0.3) is 0 Å². The van der Waals surface area contributed by atoms with Crippen LogP contribution in [-0.4, -0.2) is 43.7 Å². The summed E-state index contributed by atoms with van der Waals surface area (Å²) in [6.45, 7) is 5.08. The van der Waals surface area contributed by atoms with Crippen molar-refractivity contribution in [2.75, 3.05) is 13.6 Å². The lowest BCUT2D eigenvalue weighted by Gasteiger charge is -2.26. The average Bonchev–Trinajstić information content (AvgIpc) is 2.63. The van der Waals surface area contributed by atoms with E-state index in [0.717, 1.165) is 0 Å². The Morgan fingerprint density at radius 3 is 2.29 bits per heavy atom. The maximum Gasteiger partial charge on any atom is 0.410 e. The van der Waals surface area contributed by atoms with Crippen molar-refractivity contribution in [3.8, 4) is 5.75 Å². The van der Waals surface area contributed by atoms with Gasteiger partial charge in [0.2, 0.25) is 0 Å². The Labute approximate surface area is 187 Å². The van der Waals surface area contributed by atoms with E-state index in [0.29, 0.717) is 17.7 Å². The van der Waals surface area contributed by atoms with Crippen LogP contribution in [0.1, 0.15) is 32.4 Å². The molecule has 2 aromatic rings. The van der Waals surface area contributed by atoms with E-state index >= 15 is 0 Å². The summed E-state index contributed by atoms with van der Waals surface area (Å²) in [5.41, 5.74) is -0.307. The topological polar surface area (TPSA) is 93.1 Å². The summed E-state index contributed by atoms with van der Waals surface area (Å²) in [7, 11) is -3.17. The second-order valence-electron chi connectivity index (χ2n) is 7.68. The fourth-order valence-electron chi connectivity index (χ4n) is 2.39. The minimum absolute atomic E-state index is 0.0726. The van der Waals surface area contributed by atoms with Gasteiger partial charge in [0, 0.05) is 13.1 Å². The zero-order valence-corrected chi connectivity index (χ0v) is 19.6. The first-order valence-electron chi connectivity index (χ1n) is 9.01. The van der Waals surface area contributed by atoms with E-state index in [2.05, 4.69) is 15.9 Å². The number of ether oxygens (including phenoxy) is 1. The fourth-order valence-corrected chi connectivity index (χ4v) is 3.71. The molecule has 0 aliphatic rings. The Hall–Kier alpha value is -2.24. The summed E-state index contributed by atoms with van der Waals surface area (Å²) >= 11 is 2.77. The maximum absolute atomic E-state index is 14.0. The number of benzene rings is 2. The molecule has 170 valence electrons. The highest BCUT2D eigenvalue weighted by molar-refractivity contribution is 9.10. The molecule has 0 radical (unpaired) electrons. The summed E-state index contributed by atoms with van der Waals surface area (Å²) < 4.78 is 62.0. The summed E-state index contributed by atoms with van der Waals surface area (Å²) in [6.07, 6.45) is -1.69. The highest BCUT2D eigenvalue weighted by Gasteiger charge is 2.25. The molecule has 0 spiro atoms. The normalized spacial score (nSPS) is 12.9. The molecule has 0 saturated heterocycles. The van der Waals surface area contributed by atoms with E-state index in [1.54, 1.807) is 20.8 Å². The van der Waals surface area contributed by atoms with Gasteiger partial charge in [-0.1, -0.05) is 12.1 Å². The van der Waals surface area contributed by atoms with E-state index in [4.69, 9.17) is 8.92 Å². The predicted octanol–water partition coefficient (Wildman–Crippen LogP) is 4.40. The lowest BCUT2D eigenvalue weighted by atomic mass is 10.1. The number of carbonyl (C=O) groups excluding carboxylic acids is 1. The quantitative estimate of drug-likeness (QED) is 0.447. The third kappa shape index (κ3) is 6.88. The van der Waals surface area contributed by atoms with Crippen molar-refractivity contribution in [3.63, 3.8) is 0 Å². The average molecular weight is 522 g/mol.